The molecule has 9 heteroatoms. The first-order chi connectivity index (χ1) is 11.3. The van der Waals surface area contributed by atoms with Gasteiger partial charge in [-0.3, -0.25) is 9.89 Å². The van der Waals surface area contributed by atoms with Crippen molar-refractivity contribution in [1.29, 1.82) is 0 Å². The molecule has 128 valence electrons. The van der Waals surface area contributed by atoms with Crippen molar-refractivity contribution in [3.05, 3.63) is 48.6 Å². The molecule has 0 aliphatic heterocycles. The molecule has 1 aromatic heterocycles. The quantitative estimate of drug-likeness (QED) is 0.625. The fourth-order valence-electron chi connectivity index (χ4n) is 1.74. The van der Waals surface area contributed by atoms with Crippen molar-refractivity contribution >= 4 is 41.6 Å². The third-order valence-electron chi connectivity index (χ3n) is 2.92. The summed E-state index contributed by atoms with van der Waals surface area (Å²) in [6, 6.07) is 3.30. The molecule has 0 spiro atoms. The SMILES string of the molecule is Cc1n[nH]c(=S)n(/N=C\c2cc(Cl)c(OCC(C)C)c(Cl)c2)c1=O. The minimum Gasteiger partial charge on any atom is -0.490 e. The summed E-state index contributed by atoms with van der Waals surface area (Å²) in [7, 11) is 0. The molecule has 0 saturated carbocycles. The van der Waals surface area contributed by atoms with Crippen molar-refractivity contribution in [2.45, 2.75) is 20.8 Å². The van der Waals surface area contributed by atoms with E-state index < -0.39 is 5.56 Å². The molecule has 0 unspecified atom stereocenters. The van der Waals surface area contributed by atoms with Gasteiger partial charge in [0.15, 0.2) is 5.75 Å². The lowest BCUT2D eigenvalue weighted by Crippen LogP contribution is -2.22. The maximum absolute atomic E-state index is 12.0. The van der Waals surface area contributed by atoms with Gasteiger partial charge < -0.3 is 4.74 Å². The van der Waals surface area contributed by atoms with Crippen LogP contribution in [0.4, 0.5) is 0 Å². The van der Waals surface area contributed by atoms with E-state index in [1.807, 2.05) is 13.8 Å². The molecular formula is C15H16Cl2N4O2S. The summed E-state index contributed by atoms with van der Waals surface area (Å²) < 4.78 is 6.74. The molecule has 0 aliphatic rings. The lowest BCUT2D eigenvalue weighted by atomic mass is 10.2. The molecule has 2 rings (SSSR count). The van der Waals surface area contributed by atoms with E-state index in [9.17, 15) is 4.79 Å². The highest BCUT2D eigenvalue weighted by atomic mass is 35.5. The van der Waals surface area contributed by atoms with Crippen molar-refractivity contribution in [3.8, 4) is 5.75 Å². The summed E-state index contributed by atoms with van der Waals surface area (Å²) in [6.45, 7) is 6.13. The van der Waals surface area contributed by atoms with Crippen LogP contribution in [-0.2, 0) is 0 Å². The summed E-state index contributed by atoms with van der Waals surface area (Å²) in [4.78, 5) is 12.0. The largest absolute Gasteiger partial charge is 0.490 e. The van der Waals surface area contributed by atoms with Gasteiger partial charge in [-0.25, -0.2) is 0 Å². The Hall–Kier alpha value is -1.70. The smallest absolute Gasteiger partial charge is 0.296 e. The second-order valence-corrected chi connectivity index (χ2v) is 6.70. The second kappa shape index (κ2) is 7.92. The molecule has 1 aromatic carbocycles. The number of benzene rings is 1. The number of nitrogens with zero attached hydrogens (tertiary/aromatic N) is 3. The lowest BCUT2D eigenvalue weighted by Gasteiger charge is -2.12. The number of ether oxygens (including phenoxy) is 1. The molecule has 24 heavy (non-hydrogen) atoms. The Bertz CT molecular complexity index is 867. The Balaban J connectivity index is 2.33. The molecule has 1 heterocycles. The molecular weight excluding hydrogens is 371 g/mol. The molecule has 0 saturated heterocycles. The Labute approximate surface area is 154 Å². The minimum absolute atomic E-state index is 0.0935. The monoisotopic (exact) mass is 386 g/mol. The van der Waals surface area contributed by atoms with Crippen LogP contribution in [0.15, 0.2) is 22.0 Å². The van der Waals surface area contributed by atoms with Crippen LogP contribution in [0.3, 0.4) is 0 Å². The molecule has 0 bridgehead atoms. The molecule has 2 aromatic rings. The third kappa shape index (κ3) is 4.43. The van der Waals surface area contributed by atoms with Crippen LogP contribution in [0.2, 0.25) is 10.0 Å². The van der Waals surface area contributed by atoms with Gasteiger partial charge in [-0.2, -0.15) is 14.9 Å². The van der Waals surface area contributed by atoms with Crippen LogP contribution in [0, 0.1) is 17.6 Å². The van der Waals surface area contributed by atoms with Crippen molar-refractivity contribution < 1.29 is 4.74 Å². The Kier molecular flexibility index (Phi) is 6.15. The zero-order chi connectivity index (χ0) is 17.9. The molecule has 0 fully saturated rings. The number of aromatic amines is 1. The van der Waals surface area contributed by atoms with Crippen molar-refractivity contribution in [2.24, 2.45) is 11.0 Å². The Morgan fingerprint density at radius 3 is 2.62 bits per heavy atom. The normalized spacial score (nSPS) is 11.4. The van der Waals surface area contributed by atoms with E-state index in [1.54, 1.807) is 19.1 Å². The number of H-pyrrole nitrogens is 1. The van der Waals surface area contributed by atoms with Crippen molar-refractivity contribution in [1.82, 2.24) is 14.9 Å². The first-order valence-corrected chi connectivity index (χ1v) is 8.30. The topological polar surface area (TPSA) is 72.3 Å². The number of hydrogen-bond acceptors (Lipinski definition) is 5. The lowest BCUT2D eigenvalue weighted by molar-refractivity contribution is 0.271. The molecule has 0 atom stereocenters. The van der Waals surface area contributed by atoms with Gasteiger partial charge in [-0.15, -0.1) is 0 Å². The van der Waals surface area contributed by atoms with E-state index in [0.29, 0.717) is 33.9 Å². The average molecular weight is 387 g/mol. The van der Waals surface area contributed by atoms with Crippen molar-refractivity contribution in [3.63, 3.8) is 0 Å². The van der Waals surface area contributed by atoms with Gasteiger partial charge in [0.25, 0.3) is 5.56 Å². The minimum atomic E-state index is -0.399. The van der Waals surface area contributed by atoms with Crippen LogP contribution in [0.25, 0.3) is 0 Å². The van der Waals surface area contributed by atoms with E-state index >= 15 is 0 Å². The van der Waals surface area contributed by atoms with Crippen LogP contribution in [-0.4, -0.2) is 27.7 Å². The summed E-state index contributed by atoms with van der Waals surface area (Å²) in [6.07, 6.45) is 1.44. The summed E-state index contributed by atoms with van der Waals surface area (Å²) in [5, 5.41) is 11.1. The molecule has 0 aliphatic carbocycles. The third-order valence-corrected chi connectivity index (χ3v) is 3.74. The van der Waals surface area contributed by atoms with Crippen LogP contribution in [0.1, 0.15) is 25.1 Å². The number of aryl methyl sites for hydroxylation is 1. The first-order valence-electron chi connectivity index (χ1n) is 7.14. The van der Waals surface area contributed by atoms with E-state index in [4.69, 9.17) is 40.2 Å². The predicted octanol–water partition coefficient (Wildman–Crippen LogP) is 3.83. The van der Waals surface area contributed by atoms with E-state index in [1.165, 1.54) is 6.21 Å². The highest BCUT2D eigenvalue weighted by molar-refractivity contribution is 7.71. The van der Waals surface area contributed by atoms with Crippen LogP contribution >= 0.6 is 35.4 Å². The van der Waals surface area contributed by atoms with Gasteiger partial charge in [0.1, 0.15) is 5.69 Å². The number of halogens is 2. The number of nitrogens with one attached hydrogen (secondary N) is 1. The zero-order valence-corrected chi connectivity index (χ0v) is 15.7. The highest BCUT2D eigenvalue weighted by Gasteiger charge is 2.10. The van der Waals surface area contributed by atoms with E-state index in [-0.39, 0.29) is 10.5 Å². The summed E-state index contributed by atoms with van der Waals surface area (Å²) >= 11 is 17.4. The molecule has 0 radical (unpaired) electrons. The number of hydrogen-bond donors (Lipinski definition) is 1. The van der Waals surface area contributed by atoms with Gasteiger partial charge in [-0.1, -0.05) is 37.0 Å². The number of rotatable bonds is 5. The second-order valence-electron chi connectivity index (χ2n) is 5.49. The van der Waals surface area contributed by atoms with Crippen LogP contribution < -0.4 is 10.3 Å². The maximum Gasteiger partial charge on any atom is 0.296 e. The number of aromatic nitrogens is 3. The summed E-state index contributed by atoms with van der Waals surface area (Å²) in [5.41, 5.74) is 0.469. The predicted molar refractivity (Wildman–Crippen MR) is 98.2 cm³/mol. The zero-order valence-electron chi connectivity index (χ0n) is 13.3. The van der Waals surface area contributed by atoms with E-state index in [2.05, 4.69) is 15.3 Å². The summed E-state index contributed by atoms with van der Waals surface area (Å²) in [5.74, 6) is 0.778. The van der Waals surface area contributed by atoms with Crippen molar-refractivity contribution in [2.75, 3.05) is 6.61 Å². The maximum atomic E-state index is 12.0. The van der Waals surface area contributed by atoms with Gasteiger partial charge in [0.2, 0.25) is 4.77 Å². The van der Waals surface area contributed by atoms with E-state index in [0.717, 1.165) is 4.68 Å². The fourth-order valence-corrected chi connectivity index (χ4v) is 2.53. The molecule has 1 N–H and O–H groups in total. The first kappa shape index (κ1) is 18.6. The van der Waals surface area contributed by atoms with Crippen LogP contribution in [0.5, 0.6) is 5.75 Å². The van der Waals surface area contributed by atoms with Gasteiger partial charge in [0.05, 0.1) is 22.9 Å². The van der Waals surface area contributed by atoms with Gasteiger partial charge >= 0.3 is 0 Å². The van der Waals surface area contributed by atoms with Gasteiger partial charge in [0, 0.05) is 0 Å². The standard InChI is InChI=1S/C15H16Cl2N4O2S/c1-8(2)7-23-13-11(16)4-10(5-12(13)17)6-18-21-14(22)9(3)19-20-15(21)24/h4-6,8H,7H2,1-3H3,(H,20,24)/b18-6-. The Morgan fingerprint density at radius 1 is 1.42 bits per heavy atom. The highest BCUT2D eigenvalue weighted by Crippen LogP contribution is 2.34. The Morgan fingerprint density at radius 2 is 2.04 bits per heavy atom. The van der Waals surface area contributed by atoms with Gasteiger partial charge in [-0.05, 0) is 42.8 Å². The fraction of sp³-hybridized carbons (Fsp3) is 0.333. The average Bonchev–Trinajstić information content (AvgIpc) is 2.50. The molecule has 6 nitrogen and oxygen atoms in total. The molecule has 0 amide bonds.